The number of methoxy groups -OCH3 is 1. The molecule has 1 heterocycles. The van der Waals surface area contributed by atoms with Gasteiger partial charge >= 0.3 is 0 Å². The molecule has 2 rings (SSSR count). The summed E-state index contributed by atoms with van der Waals surface area (Å²) in [4.78, 5) is 6.39. The molecule has 1 aromatic carbocycles. The molecule has 0 aliphatic rings. The van der Waals surface area contributed by atoms with Crippen molar-refractivity contribution in [2.75, 3.05) is 37.5 Å². The molecule has 122 valence electrons. The van der Waals surface area contributed by atoms with Crippen molar-refractivity contribution in [1.29, 1.82) is 0 Å². The van der Waals surface area contributed by atoms with Crippen molar-refractivity contribution in [2.24, 2.45) is 0 Å². The highest BCUT2D eigenvalue weighted by molar-refractivity contribution is 7.80. The maximum absolute atomic E-state index is 5.29. The van der Waals surface area contributed by atoms with Crippen molar-refractivity contribution in [2.45, 2.75) is 6.92 Å². The second-order valence-corrected chi connectivity index (χ2v) is 5.60. The van der Waals surface area contributed by atoms with E-state index >= 15 is 0 Å². The zero-order valence-corrected chi connectivity index (χ0v) is 14.5. The van der Waals surface area contributed by atoms with Crippen LogP contribution in [0.5, 0.6) is 5.75 Å². The minimum absolute atomic E-state index is 0.527. The number of benzene rings is 1. The number of anilines is 2. The minimum Gasteiger partial charge on any atom is -0.493 e. The molecule has 0 radical (unpaired) electrons. The van der Waals surface area contributed by atoms with Gasteiger partial charge in [-0.1, -0.05) is 17.7 Å². The molecule has 0 aliphatic carbocycles. The van der Waals surface area contributed by atoms with E-state index in [2.05, 4.69) is 58.8 Å². The van der Waals surface area contributed by atoms with Crippen LogP contribution in [0.25, 0.3) is 0 Å². The van der Waals surface area contributed by atoms with Gasteiger partial charge in [0.25, 0.3) is 0 Å². The summed E-state index contributed by atoms with van der Waals surface area (Å²) in [6.45, 7) is 3.65. The van der Waals surface area contributed by atoms with Gasteiger partial charge in [0.1, 0.15) is 0 Å². The Morgan fingerprint density at radius 2 is 2.00 bits per heavy atom. The Labute approximate surface area is 142 Å². The average molecular weight is 330 g/mol. The summed E-state index contributed by atoms with van der Waals surface area (Å²) >= 11 is 5.29. The molecule has 2 aromatic rings. The van der Waals surface area contributed by atoms with Crippen LogP contribution in [0.15, 0.2) is 42.6 Å². The summed E-state index contributed by atoms with van der Waals surface area (Å²) in [6, 6.07) is 12.1. The second-order valence-electron chi connectivity index (χ2n) is 5.19. The van der Waals surface area contributed by atoms with Gasteiger partial charge in [0.15, 0.2) is 16.7 Å². The second kappa shape index (κ2) is 8.33. The van der Waals surface area contributed by atoms with Crippen LogP contribution in [0.3, 0.4) is 0 Å². The summed E-state index contributed by atoms with van der Waals surface area (Å²) in [5.74, 6) is 1.27. The lowest BCUT2D eigenvalue weighted by Crippen LogP contribution is -2.35. The fourth-order valence-corrected chi connectivity index (χ4v) is 2.27. The van der Waals surface area contributed by atoms with Crippen molar-refractivity contribution in [3.8, 4) is 5.75 Å². The van der Waals surface area contributed by atoms with Crippen LogP contribution in [0.2, 0.25) is 0 Å². The number of ether oxygens (including phenoxy) is 1. The molecule has 2 N–H and O–H groups in total. The largest absolute Gasteiger partial charge is 0.493 e. The number of aryl methyl sites for hydroxylation is 1. The molecule has 0 atom stereocenters. The third kappa shape index (κ3) is 5.10. The highest BCUT2D eigenvalue weighted by Gasteiger charge is 2.05. The summed E-state index contributed by atoms with van der Waals surface area (Å²) < 4.78 is 5.24. The number of rotatable bonds is 6. The third-order valence-electron chi connectivity index (χ3n) is 3.43. The molecule has 0 aliphatic heterocycles. The topological polar surface area (TPSA) is 49.4 Å². The fraction of sp³-hybridized carbons (Fsp3) is 0.294. The van der Waals surface area contributed by atoms with Gasteiger partial charge in [-0.05, 0) is 43.4 Å². The maximum atomic E-state index is 5.29. The van der Waals surface area contributed by atoms with E-state index in [0.29, 0.717) is 16.7 Å². The number of hydrogen-bond donors (Lipinski definition) is 2. The molecule has 1 aromatic heterocycles. The zero-order valence-electron chi connectivity index (χ0n) is 13.7. The number of likely N-dealkylation sites (N-methyl/N-ethyl adjacent to an activating group) is 1. The average Bonchev–Trinajstić information content (AvgIpc) is 2.56. The summed E-state index contributed by atoms with van der Waals surface area (Å²) in [5, 5.41) is 6.75. The summed E-state index contributed by atoms with van der Waals surface area (Å²) in [7, 11) is 3.67. The van der Waals surface area contributed by atoms with Crippen LogP contribution in [-0.2, 0) is 0 Å². The molecule has 23 heavy (non-hydrogen) atoms. The lowest BCUT2D eigenvalue weighted by molar-refractivity contribution is 0.415. The molecular weight excluding hydrogens is 308 g/mol. The standard InChI is InChI=1S/C17H22N4OS/c1-13-6-8-14(9-7-13)21(2)12-11-19-17(23)20-16-15(22-3)5-4-10-18-16/h4-10H,11-12H2,1-3H3,(H2,18,19,20,23). The normalized spacial score (nSPS) is 10.0. The van der Waals surface area contributed by atoms with Crippen LogP contribution in [0.4, 0.5) is 11.5 Å². The van der Waals surface area contributed by atoms with Crippen LogP contribution in [0.1, 0.15) is 5.56 Å². The molecule has 0 saturated carbocycles. The Morgan fingerprint density at radius 3 is 2.70 bits per heavy atom. The van der Waals surface area contributed by atoms with Crippen LogP contribution >= 0.6 is 12.2 Å². The first-order valence-electron chi connectivity index (χ1n) is 7.42. The number of pyridine rings is 1. The molecule has 0 saturated heterocycles. The third-order valence-corrected chi connectivity index (χ3v) is 3.68. The van der Waals surface area contributed by atoms with Gasteiger partial charge in [0.2, 0.25) is 0 Å². The van der Waals surface area contributed by atoms with E-state index in [1.165, 1.54) is 11.3 Å². The summed E-state index contributed by atoms with van der Waals surface area (Å²) in [5.41, 5.74) is 2.44. The molecule has 0 bridgehead atoms. The van der Waals surface area contributed by atoms with Crippen molar-refractivity contribution >= 4 is 28.8 Å². The highest BCUT2D eigenvalue weighted by Crippen LogP contribution is 2.19. The minimum atomic E-state index is 0.527. The molecule has 0 unspecified atom stereocenters. The quantitative estimate of drug-likeness (QED) is 0.795. The predicted octanol–water partition coefficient (Wildman–Crippen LogP) is 2.82. The van der Waals surface area contributed by atoms with Crippen molar-refractivity contribution in [3.05, 3.63) is 48.2 Å². The Bertz CT molecular complexity index is 645. The number of aromatic nitrogens is 1. The first kappa shape index (κ1) is 17.0. The molecule has 5 nitrogen and oxygen atoms in total. The maximum Gasteiger partial charge on any atom is 0.174 e. The Kier molecular flexibility index (Phi) is 6.17. The number of nitrogens with one attached hydrogen (secondary N) is 2. The lowest BCUT2D eigenvalue weighted by atomic mass is 10.2. The van der Waals surface area contributed by atoms with Crippen LogP contribution < -0.4 is 20.3 Å². The molecule has 0 amide bonds. The van der Waals surface area contributed by atoms with Gasteiger partial charge in [0, 0.05) is 32.0 Å². The van der Waals surface area contributed by atoms with Crippen molar-refractivity contribution < 1.29 is 4.74 Å². The number of hydrogen-bond acceptors (Lipinski definition) is 4. The SMILES string of the molecule is COc1cccnc1NC(=S)NCCN(C)c1ccc(C)cc1. The van der Waals surface area contributed by atoms with Gasteiger partial charge in [-0.15, -0.1) is 0 Å². The van der Waals surface area contributed by atoms with Crippen LogP contribution in [0, 0.1) is 6.92 Å². The van der Waals surface area contributed by atoms with E-state index < -0.39 is 0 Å². The monoisotopic (exact) mass is 330 g/mol. The number of thiocarbonyl (C=S) groups is 1. The van der Waals surface area contributed by atoms with Gasteiger partial charge in [-0.25, -0.2) is 4.98 Å². The first-order chi connectivity index (χ1) is 11.1. The van der Waals surface area contributed by atoms with Crippen molar-refractivity contribution in [1.82, 2.24) is 10.3 Å². The molecule has 0 fully saturated rings. The van der Waals surface area contributed by atoms with Gasteiger partial charge in [0.05, 0.1) is 7.11 Å². The smallest absolute Gasteiger partial charge is 0.174 e. The van der Waals surface area contributed by atoms with E-state index in [-0.39, 0.29) is 0 Å². The number of nitrogens with zero attached hydrogens (tertiary/aromatic N) is 2. The van der Waals surface area contributed by atoms with Gasteiger partial charge in [-0.2, -0.15) is 0 Å². The fourth-order valence-electron chi connectivity index (χ4n) is 2.07. The van der Waals surface area contributed by atoms with Gasteiger partial charge in [-0.3, -0.25) is 0 Å². The van der Waals surface area contributed by atoms with E-state index in [4.69, 9.17) is 17.0 Å². The van der Waals surface area contributed by atoms with E-state index in [1.54, 1.807) is 13.3 Å². The van der Waals surface area contributed by atoms with Gasteiger partial charge < -0.3 is 20.3 Å². The zero-order chi connectivity index (χ0) is 16.7. The summed E-state index contributed by atoms with van der Waals surface area (Å²) in [6.07, 6.45) is 1.69. The Morgan fingerprint density at radius 1 is 1.26 bits per heavy atom. The van der Waals surface area contributed by atoms with E-state index in [9.17, 15) is 0 Å². The Balaban J connectivity index is 1.79. The Hall–Kier alpha value is -2.34. The van der Waals surface area contributed by atoms with Crippen molar-refractivity contribution in [3.63, 3.8) is 0 Å². The highest BCUT2D eigenvalue weighted by atomic mass is 32.1. The predicted molar refractivity (Wildman–Crippen MR) is 99.5 cm³/mol. The molecular formula is C17H22N4OS. The first-order valence-corrected chi connectivity index (χ1v) is 7.82. The molecule has 6 heteroatoms. The van der Waals surface area contributed by atoms with E-state index in [1.807, 2.05) is 12.1 Å². The molecule has 0 spiro atoms. The van der Waals surface area contributed by atoms with E-state index in [0.717, 1.165) is 13.1 Å². The lowest BCUT2D eigenvalue weighted by Gasteiger charge is -2.20. The van der Waals surface area contributed by atoms with Crippen LogP contribution in [-0.4, -0.2) is 37.3 Å².